The SMILES string of the molecule is Cc1cccc(NC(=O)c2cc([N+](=O)[O-])ccc2N2CCOCC2)c1. The van der Waals surface area contributed by atoms with Gasteiger partial charge in [-0.1, -0.05) is 12.1 Å². The molecule has 7 nitrogen and oxygen atoms in total. The summed E-state index contributed by atoms with van der Waals surface area (Å²) in [5, 5.41) is 13.9. The lowest BCUT2D eigenvalue weighted by molar-refractivity contribution is -0.384. The molecule has 1 fully saturated rings. The van der Waals surface area contributed by atoms with Crippen molar-refractivity contribution in [1.82, 2.24) is 0 Å². The van der Waals surface area contributed by atoms with Crippen molar-refractivity contribution in [3.63, 3.8) is 0 Å². The van der Waals surface area contributed by atoms with Gasteiger partial charge in [0, 0.05) is 30.9 Å². The van der Waals surface area contributed by atoms with E-state index in [1.165, 1.54) is 12.1 Å². The lowest BCUT2D eigenvalue weighted by atomic mass is 10.1. The Kier molecular flexibility index (Phi) is 4.95. The minimum absolute atomic E-state index is 0.105. The maximum absolute atomic E-state index is 12.8. The van der Waals surface area contributed by atoms with Crippen LogP contribution in [0.15, 0.2) is 42.5 Å². The number of benzene rings is 2. The van der Waals surface area contributed by atoms with Crippen molar-refractivity contribution in [3.8, 4) is 0 Å². The second-order valence-electron chi connectivity index (χ2n) is 5.88. The zero-order valence-electron chi connectivity index (χ0n) is 13.9. The third-order valence-electron chi connectivity index (χ3n) is 4.06. The zero-order valence-corrected chi connectivity index (χ0v) is 13.9. The van der Waals surface area contributed by atoms with E-state index in [2.05, 4.69) is 5.32 Å². The standard InChI is InChI=1S/C18H19N3O4/c1-13-3-2-4-14(11-13)19-18(22)16-12-15(21(23)24)5-6-17(16)20-7-9-25-10-8-20/h2-6,11-12H,7-10H2,1H3,(H,19,22). The van der Waals surface area contributed by atoms with Gasteiger partial charge < -0.3 is 15.0 Å². The van der Waals surface area contributed by atoms with Crippen LogP contribution < -0.4 is 10.2 Å². The number of hydrogen-bond donors (Lipinski definition) is 1. The summed E-state index contributed by atoms with van der Waals surface area (Å²) < 4.78 is 5.34. The van der Waals surface area contributed by atoms with Crippen molar-refractivity contribution in [3.05, 3.63) is 63.7 Å². The molecule has 0 saturated carbocycles. The molecule has 0 aromatic heterocycles. The van der Waals surface area contributed by atoms with Gasteiger partial charge in [-0.3, -0.25) is 14.9 Å². The van der Waals surface area contributed by atoms with Gasteiger partial charge in [0.15, 0.2) is 0 Å². The van der Waals surface area contributed by atoms with E-state index in [-0.39, 0.29) is 17.2 Å². The van der Waals surface area contributed by atoms with Crippen molar-refractivity contribution in [2.75, 3.05) is 36.5 Å². The van der Waals surface area contributed by atoms with Crippen LogP contribution in [0.2, 0.25) is 0 Å². The number of non-ortho nitro benzene ring substituents is 1. The summed E-state index contributed by atoms with van der Waals surface area (Å²) >= 11 is 0. The second-order valence-corrected chi connectivity index (χ2v) is 5.88. The van der Waals surface area contributed by atoms with E-state index in [1.54, 1.807) is 12.1 Å². The third kappa shape index (κ3) is 3.95. The Balaban J connectivity index is 1.94. The molecule has 0 aliphatic carbocycles. The molecule has 1 aliphatic heterocycles. The van der Waals surface area contributed by atoms with Crippen molar-refractivity contribution in [1.29, 1.82) is 0 Å². The molecule has 0 bridgehead atoms. The molecule has 1 N–H and O–H groups in total. The van der Waals surface area contributed by atoms with Gasteiger partial charge in [-0.2, -0.15) is 0 Å². The van der Waals surface area contributed by atoms with Crippen LogP contribution in [0.3, 0.4) is 0 Å². The quantitative estimate of drug-likeness (QED) is 0.682. The Hall–Kier alpha value is -2.93. The summed E-state index contributed by atoms with van der Waals surface area (Å²) in [4.78, 5) is 25.4. The molecular weight excluding hydrogens is 322 g/mol. The molecule has 0 unspecified atom stereocenters. The number of nitrogens with one attached hydrogen (secondary N) is 1. The topological polar surface area (TPSA) is 84.7 Å². The number of carbonyl (C=O) groups is 1. The molecule has 130 valence electrons. The number of anilines is 2. The molecule has 1 aliphatic rings. The highest BCUT2D eigenvalue weighted by atomic mass is 16.6. The molecule has 1 amide bonds. The fourth-order valence-corrected chi connectivity index (χ4v) is 2.82. The predicted molar refractivity (Wildman–Crippen MR) is 95.3 cm³/mol. The molecule has 1 heterocycles. The zero-order chi connectivity index (χ0) is 17.8. The Morgan fingerprint density at radius 3 is 2.64 bits per heavy atom. The normalized spacial score (nSPS) is 14.2. The van der Waals surface area contributed by atoms with E-state index in [1.807, 2.05) is 30.0 Å². The fraction of sp³-hybridized carbons (Fsp3) is 0.278. The van der Waals surface area contributed by atoms with Crippen LogP contribution in [0.25, 0.3) is 0 Å². The lowest BCUT2D eigenvalue weighted by Gasteiger charge is -2.30. The number of aryl methyl sites for hydroxylation is 1. The highest BCUT2D eigenvalue weighted by molar-refractivity contribution is 6.08. The molecule has 0 spiro atoms. The average molecular weight is 341 g/mol. The van der Waals surface area contributed by atoms with Crippen molar-refractivity contribution < 1.29 is 14.5 Å². The number of nitrogens with zero attached hydrogens (tertiary/aromatic N) is 2. The molecule has 1 saturated heterocycles. The molecular formula is C18H19N3O4. The Labute approximate surface area is 145 Å². The first-order valence-corrected chi connectivity index (χ1v) is 8.04. The number of nitro benzene ring substituents is 1. The van der Waals surface area contributed by atoms with Crippen molar-refractivity contribution in [2.45, 2.75) is 6.92 Å². The highest BCUT2D eigenvalue weighted by Gasteiger charge is 2.22. The van der Waals surface area contributed by atoms with Gasteiger partial charge in [0.25, 0.3) is 11.6 Å². The highest BCUT2D eigenvalue weighted by Crippen LogP contribution is 2.27. The molecule has 2 aromatic carbocycles. The van der Waals surface area contributed by atoms with E-state index in [0.717, 1.165) is 5.56 Å². The smallest absolute Gasteiger partial charge is 0.270 e. The van der Waals surface area contributed by atoms with Crippen LogP contribution in [0.4, 0.5) is 17.1 Å². The first-order valence-electron chi connectivity index (χ1n) is 8.04. The summed E-state index contributed by atoms with van der Waals surface area (Å²) in [6, 6.07) is 11.8. The summed E-state index contributed by atoms with van der Waals surface area (Å²) in [5.74, 6) is -0.365. The predicted octanol–water partition coefficient (Wildman–Crippen LogP) is 2.99. The monoisotopic (exact) mass is 341 g/mol. The number of rotatable bonds is 4. The van der Waals surface area contributed by atoms with Gasteiger partial charge in [-0.25, -0.2) is 0 Å². The molecule has 3 rings (SSSR count). The molecule has 0 radical (unpaired) electrons. The van der Waals surface area contributed by atoms with Crippen LogP contribution in [0.5, 0.6) is 0 Å². The minimum atomic E-state index is -0.494. The number of carbonyl (C=O) groups excluding carboxylic acids is 1. The maximum atomic E-state index is 12.8. The number of hydrogen-bond acceptors (Lipinski definition) is 5. The van der Waals surface area contributed by atoms with Crippen molar-refractivity contribution in [2.24, 2.45) is 0 Å². The van der Waals surface area contributed by atoms with Crippen LogP contribution in [-0.2, 0) is 4.74 Å². The van der Waals surface area contributed by atoms with E-state index in [4.69, 9.17) is 4.74 Å². The van der Waals surface area contributed by atoms with Gasteiger partial charge in [0.05, 0.1) is 29.4 Å². The van der Waals surface area contributed by atoms with E-state index in [0.29, 0.717) is 37.7 Å². The maximum Gasteiger partial charge on any atom is 0.270 e. The number of nitro groups is 1. The Morgan fingerprint density at radius 1 is 1.20 bits per heavy atom. The number of amides is 1. The van der Waals surface area contributed by atoms with Gasteiger partial charge in [0.2, 0.25) is 0 Å². The Morgan fingerprint density at radius 2 is 1.96 bits per heavy atom. The number of morpholine rings is 1. The van der Waals surface area contributed by atoms with Crippen molar-refractivity contribution >= 4 is 23.0 Å². The van der Waals surface area contributed by atoms with Gasteiger partial charge in [0.1, 0.15) is 0 Å². The van der Waals surface area contributed by atoms with E-state index < -0.39 is 4.92 Å². The van der Waals surface area contributed by atoms with Crippen LogP contribution in [0, 0.1) is 17.0 Å². The molecule has 7 heteroatoms. The first-order chi connectivity index (χ1) is 12.0. The average Bonchev–Trinajstić information content (AvgIpc) is 2.62. The van der Waals surface area contributed by atoms with Crippen LogP contribution in [0.1, 0.15) is 15.9 Å². The summed E-state index contributed by atoms with van der Waals surface area (Å²) in [6.07, 6.45) is 0. The summed E-state index contributed by atoms with van der Waals surface area (Å²) in [7, 11) is 0. The van der Waals surface area contributed by atoms with E-state index in [9.17, 15) is 14.9 Å². The summed E-state index contributed by atoms with van der Waals surface area (Å²) in [6.45, 7) is 4.35. The molecule has 25 heavy (non-hydrogen) atoms. The molecule has 2 aromatic rings. The van der Waals surface area contributed by atoms with Crippen LogP contribution in [-0.4, -0.2) is 37.1 Å². The van der Waals surface area contributed by atoms with Gasteiger partial charge in [-0.05, 0) is 30.7 Å². The van der Waals surface area contributed by atoms with Gasteiger partial charge in [-0.15, -0.1) is 0 Å². The fourth-order valence-electron chi connectivity index (χ4n) is 2.82. The molecule has 0 atom stereocenters. The van der Waals surface area contributed by atoms with Crippen LogP contribution >= 0.6 is 0 Å². The van der Waals surface area contributed by atoms with E-state index >= 15 is 0 Å². The number of ether oxygens (including phenoxy) is 1. The second kappa shape index (κ2) is 7.31. The Bertz CT molecular complexity index is 801. The minimum Gasteiger partial charge on any atom is -0.378 e. The third-order valence-corrected chi connectivity index (χ3v) is 4.06. The summed E-state index contributed by atoms with van der Waals surface area (Å²) in [5.41, 5.74) is 2.54. The van der Waals surface area contributed by atoms with Gasteiger partial charge >= 0.3 is 0 Å². The largest absolute Gasteiger partial charge is 0.378 e. The first kappa shape index (κ1) is 16.9. The lowest BCUT2D eigenvalue weighted by Crippen LogP contribution is -2.37.